The van der Waals surface area contributed by atoms with Gasteiger partial charge in [-0.1, -0.05) is 20.8 Å². The summed E-state index contributed by atoms with van der Waals surface area (Å²) < 4.78 is 7.10. The average Bonchev–Trinajstić information content (AvgIpc) is 2.81. The lowest BCUT2D eigenvalue weighted by atomic mass is 9.87. The second-order valence-electron chi connectivity index (χ2n) is 4.08. The van der Waals surface area contributed by atoms with E-state index in [2.05, 4.69) is 30.0 Å². The van der Waals surface area contributed by atoms with E-state index >= 15 is 0 Å². The number of hydrogen-bond donors (Lipinski definition) is 1. The summed E-state index contributed by atoms with van der Waals surface area (Å²) in [6, 6.07) is 3.58. The van der Waals surface area contributed by atoms with Crippen LogP contribution in [0.5, 0.6) is 0 Å². The Balaban J connectivity index is 2.99. The molecule has 0 unspecified atom stereocenters. The lowest BCUT2D eigenvalue weighted by Gasteiger charge is -2.29. The molecule has 0 radical (unpaired) electrons. The molecule has 0 fully saturated rings. The third kappa shape index (κ3) is 2.39. The Morgan fingerprint density at radius 1 is 1.38 bits per heavy atom. The quantitative estimate of drug-likeness (QED) is 0.756. The Kier molecular flexibility index (Phi) is 4.76. The first-order valence-electron chi connectivity index (χ1n) is 5.88. The molecule has 0 atom stereocenters. The molecule has 1 aromatic rings. The predicted octanol–water partition coefficient (Wildman–Crippen LogP) is 1.07. The van der Waals surface area contributed by atoms with Crippen molar-refractivity contribution in [1.29, 1.82) is 0 Å². The van der Waals surface area contributed by atoms with Crippen molar-refractivity contribution >= 4 is 20.9 Å². The normalized spacial score (nSPS) is 11.8. The first-order chi connectivity index (χ1) is 7.63. The zero-order valence-corrected chi connectivity index (χ0v) is 11.6. The van der Waals surface area contributed by atoms with Crippen LogP contribution in [0.15, 0.2) is 12.5 Å². The zero-order chi connectivity index (χ0) is 12.2. The van der Waals surface area contributed by atoms with Crippen LogP contribution in [0.2, 0.25) is 18.1 Å². The fraction of sp³-hybridized carbons (Fsp3) is 0.700. The van der Waals surface area contributed by atoms with Gasteiger partial charge in [0.25, 0.3) is 0 Å². The molecule has 16 heavy (non-hydrogen) atoms. The number of hydrogen-bond acceptors (Lipinski definition) is 3. The van der Waals surface area contributed by atoms with Crippen molar-refractivity contribution in [2.24, 2.45) is 0 Å². The van der Waals surface area contributed by atoms with Crippen molar-refractivity contribution in [3.05, 3.63) is 12.5 Å². The summed E-state index contributed by atoms with van der Waals surface area (Å²) in [5.41, 5.74) is 0.606. The number of nitrogens with zero attached hydrogens (tertiary/aromatic N) is 2. The summed E-state index contributed by atoms with van der Waals surface area (Å²) >= 11 is 0. The van der Waals surface area contributed by atoms with Gasteiger partial charge in [-0.05, 0) is 18.1 Å². The minimum atomic E-state index is -1.44. The average molecular weight is 240 g/mol. The van der Waals surface area contributed by atoms with Gasteiger partial charge in [0.05, 0.1) is 11.9 Å². The van der Waals surface area contributed by atoms with Gasteiger partial charge in [-0.2, -0.15) is 0 Å². The second-order valence-corrected chi connectivity index (χ2v) is 9.17. The molecule has 6 heteroatoms. The van der Waals surface area contributed by atoms with E-state index in [0.717, 1.165) is 0 Å². The van der Waals surface area contributed by atoms with Crippen molar-refractivity contribution in [2.75, 3.05) is 7.11 Å². The Hall–Kier alpha value is -0.588. The van der Waals surface area contributed by atoms with E-state index in [1.807, 2.05) is 12.5 Å². The highest BCUT2D eigenvalue weighted by Crippen LogP contribution is 2.21. The SMILES string of the molecule is CC[Si](CC)(CC)n1cnc(B(O)OC)c1. The minimum Gasteiger partial charge on any atom is -0.422 e. The molecule has 0 saturated heterocycles. The molecule has 4 nitrogen and oxygen atoms in total. The van der Waals surface area contributed by atoms with Gasteiger partial charge in [0, 0.05) is 13.3 Å². The van der Waals surface area contributed by atoms with Gasteiger partial charge in [-0.3, -0.25) is 0 Å². The van der Waals surface area contributed by atoms with E-state index in [9.17, 15) is 5.02 Å². The maximum atomic E-state index is 9.54. The van der Waals surface area contributed by atoms with Crippen LogP contribution < -0.4 is 5.59 Å². The van der Waals surface area contributed by atoms with E-state index in [4.69, 9.17) is 4.65 Å². The molecule has 0 aliphatic heterocycles. The van der Waals surface area contributed by atoms with Gasteiger partial charge in [0.2, 0.25) is 0 Å². The van der Waals surface area contributed by atoms with E-state index < -0.39 is 15.4 Å². The Bertz CT molecular complexity index is 320. The molecule has 0 aliphatic rings. The number of aromatic nitrogens is 2. The molecule has 90 valence electrons. The van der Waals surface area contributed by atoms with Crippen molar-refractivity contribution in [2.45, 2.75) is 38.9 Å². The smallest absolute Gasteiger partial charge is 0.422 e. The van der Waals surface area contributed by atoms with Crippen LogP contribution in [0.1, 0.15) is 20.8 Å². The van der Waals surface area contributed by atoms with Crippen molar-refractivity contribution in [1.82, 2.24) is 9.22 Å². The molecule has 1 heterocycles. The van der Waals surface area contributed by atoms with Crippen molar-refractivity contribution < 1.29 is 9.68 Å². The molecule has 1 N–H and O–H groups in total. The van der Waals surface area contributed by atoms with Crippen molar-refractivity contribution in [3.8, 4) is 0 Å². The number of rotatable bonds is 6. The molecule has 0 saturated carbocycles. The minimum absolute atomic E-state index is 0.606. The molecule has 0 bridgehead atoms. The molecular weight excluding hydrogens is 219 g/mol. The third-order valence-electron chi connectivity index (χ3n) is 3.60. The second kappa shape index (κ2) is 5.65. The van der Waals surface area contributed by atoms with Crippen LogP contribution in [0.4, 0.5) is 0 Å². The van der Waals surface area contributed by atoms with E-state index in [0.29, 0.717) is 5.59 Å². The van der Waals surface area contributed by atoms with E-state index in [-0.39, 0.29) is 0 Å². The largest absolute Gasteiger partial charge is 0.512 e. The van der Waals surface area contributed by atoms with Gasteiger partial charge >= 0.3 is 7.12 Å². The standard InChI is InChI=1S/C10H21BN2O2Si/c1-5-16(6-2,7-3)13-8-10(12-9-13)11(14)15-4/h8-9,14H,5-7H2,1-4H3. The van der Waals surface area contributed by atoms with Gasteiger partial charge < -0.3 is 13.9 Å². The van der Waals surface area contributed by atoms with Gasteiger partial charge in [-0.15, -0.1) is 0 Å². The molecule has 0 aliphatic carbocycles. The van der Waals surface area contributed by atoms with Crippen LogP contribution in [-0.2, 0) is 4.65 Å². The lowest BCUT2D eigenvalue weighted by Crippen LogP contribution is -2.41. The van der Waals surface area contributed by atoms with Gasteiger partial charge in [0.15, 0.2) is 8.24 Å². The van der Waals surface area contributed by atoms with Crippen LogP contribution in [0, 0.1) is 0 Å². The van der Waals surface area contributed by atoms with Crippen LogP contribution in [0.25, 0.3) is 0 Å². The lowest BCUT2D eigenvalue weighted by molar-refractivity contribution is 0.340. The molecule has 0 amide bonds. The topological polar surface area (TPSA) is 47.3 Å². The van der Waals surface area contributed by atoms with Crippen LogP contribution >= 0.6 is 0 Å². The number of imidazole rings is 1. The molecular formula is C10H21BN2O2Si. The fourth-order valence-corrected chi connectivity index (χ4v) is 5.45. The summed E-state index contributed by atoms with van der Waals surface area (Å²) in [6.45, 7) is 6.73. The predicted molar refractivity (Wildman–Crippen MR) is 69.4 cm³/mol. The third-order valence-corrected chi connectivity index (χ3v) is 8.89. The van der Waals surface area contributed by atoms with Gasteiger partial charge in [-0.25, -0.2) is 4.98 Å². The summed E-state index contributed by atoms with van der Waals surface area (Å²) in [4.78, 5) is 4.22. The molecule has 1 rings (SSSR count). The molecule has 1 aromatic heterocycles. The zero-order valence-electron chi connectivity index (χ0n) is 10.6. The molecule has 0 spiro atoms. The summed E-state index contributed by atoms with van der Waals surface area (Å²) in [6.07, 6.45) is 3.79. The highest BCUT2D eigenvalue weighted by atomic mass is 28.3. The monoisotopic (exact) mass is 240 g/mol. The van der Waals surface area contributed by atoms with Crippen LogP contribution in [-0.4, -0.2) is 36.7 Å². The van der Waals surface area contributed by atoms with E-state index in [1.54, 1.807) is 0 Å². The Morgan fingerprint density at radius 2 is 1.94 bits per heavy atom. The maximum absolute atomic E-state index is 9.54. The highest BCUT2D eigenvalue weighted by Gasteiger charge is 2.31. The first-order valence-corrected chi connectivity index (χ1v) is 8.45. The Morgan fingerprint density at radius 3 is 2.38 bits per heavy atom. The summed E-state index contributed by atoms with van der Waals surface area (Å²) in [7, 11) is -0.868. The maximum Gasteiger partial charge on any atom is 0.512 e. The van der Waals surface area contributed by atoms with Crippen molar-refractivity contribution in [3.63, 3.8) is 0 Å². The van der Waals surface area contributed by atoms with Crippen LogP contribution in [0.3, 0.4) is 0 Å². The Labute approximate surface area is 98.9 Å². The summed E-state index contributed by atoms with van der Waals surface area (Å²) in [5, 5.41) is 9.54. The molecule has 0 aromatic carbocycles. The highest BCUT2D eigenvalue weighted by molar-refractivity contribution is 6.78. The van der Waals surface area contributed by atoms with E-state index in [1.165, 1.54) is 25.2 Å². The van der Waals surface area contributed by atoms with Gasteiger partial charge in [0.1, 0.15) is 0 Å². The summed E-state index contributed by atoms with van der Waals surface area (Å²) in [5.74, 6) is 0. The first kappa shape index (κ1) is 13.5. The fourth-order valence-electron chi connectivity index (χ4n) is 2.14.